The van der Waals surface area contributed by atoms with Crippen LogP contribution < -0.4 is 0 Å². The largest absolute Gasteiger partial charge is 0.784 e. The molecule has 0 atom stereocenters. The Morgan fingerprint density at radius 3 is 1.11 bits per heavy atom. The number of rotatable bonds is 3. The smallest absolute Gasteiger partial charge is 0.211 e. The molecule has 0 unspecified atom stereocenters. The summed E-state index contributed by atoms with van der Waals surface area (Å²) in [5.74, 6) is 0. The molecular weight excluding hydrogens is 366 g/mol. The van der Waals surface area contributed by atoms with Gasteiger partial charge in [-0.1, -0.05) is 0 Å². The SMILES string of the molecule is CC1(C)CC(N(C2CC(C)(C)N([O-])C(C)(C)C2)S(C)(=O)=O)CC(C)(C)N1[O-]. The number of hydrogen-bond acceptors (Lipinski definition) is 6. The van der Waals surface area contributed by atoms with E-state index in [9.17, 15) is 18.8 Å². The topological polar surface area (TPSA) is 90.0 Å². The summed E-state index contributed by atoms with van der Waals surface area (Å²) in [6.45, 7) is 15.0. The monoisotopic (exact) mass is 403 g/mol. The maximum absolute atomic E-state index is 12.9. The molecule has 0 N–H and O–H groups in total. The van der Waals surface area contributed by atoms with Crippen molar-refractivity contribution in [2.24, 2.45) is 0 Å². The standard InChI is InChI=1S/C19H37N3O4S/c1-16(2)10-14(11-17(3,4)21(16)23)20(27(9,25)26)15-12-18(5,6)22(24)19(7,8)13-15/h14-15H,10-13H2,1-9H3/q-2. The Hall–Kier alpha value is -0.250. The summed E-state index contributed by atoms with van der Waals surface area (Å²) in [4.78, 5) is 0. The second-order valence-corrected chi connectivity index (χ2v) is 12.9. The Bertz CT molecular complexity index is 594. The van der Waals surface area contributed by atoms with E-state index in [-0.39, 0.29) is 12.1 Å². The molecule has 7 nitrogen and oxygen atoms in total. The molecule has 2 fully saturated rings. The first-order valence-corrected chi connectivity index (χ1v) is 11.6. The third kappa shape index (κ3) is 4.36. The molecule has 0 bridgehead atoms. The van der Waals surface area contributed by atoms with Crippen molar-refractivity contribution in [1.82, 2.24) is 14.4 Å². The summed E-state index contributed by atoms with van der Waals surface area (Å²) in [7, 11) is -3.51. The van der Waals surface area contributed by atoms with Crippen LogP contribution in [0.5, 0.6) is 0 Å². The summed E-state index contributed by atoms with van der Waals surface area (Å²) in [5, 5.41) is 27.7. The minimum atomic E-state index is -3.51. The van der Waals surface area contributed by atoms with Gasteiger partial charge in [0.1, 0.15) is 0 Å². The molecule has 0 amide bonds. The summed E-state index contributed by atoms with van der Waals surface area (Å²) < 4.78 is 27.4. The summed E-state index contributed by atoms with van der Waals surface area (Å²) in [6.07, 6.45) is 3.16. The predicted molar refractivity (Wildman–Crippen MR) is 109 cm³/mol. The van der Waals surface area contributed by atoms with Crippen LogP contribution in [0.25, 0.3) is 0 Å². The van der Waals surface area contributed by atoms with Gasteiger partial charge in [-0.2, -0.15) is 4.31 Å². The number of piperidine rings is 2. The molecular formula is C19H37N3O4S-2. The molecule has 8 heteroatoms. The van der Waals surface area contributed by atoms with Crippen LogP contribution >= 0.6 is 0 Å². The summed E-state index contributed by atoms with van der Waals surface area (Å²) >= 11 is 0. The minimum absolute atomic E-state index is 0.259. The fraction of sp³-hybridized carbons (Fsp3) is 1.00. The van der Waals surface area contributed by atoms with Gasteiger partial charge in [0.15, 0.2) is 0 Å². The molecule has 0 radical (unpaired) electrons. The average molecular weight is 404 g/mol. The Morgan fingerprint density at radius 1 is 0.704 bits per heavy atom. The number of hydroxylamine groups is 4. The summed E-state index contributed by atoms with van der Waals surface area (Å²) in [5.41, 5.74) is -2.61. The molecule has 2 rings (SSSR count). The Labute approximate surface area is 165 Å². The van der Waals surface area contributed by atoms with E-state index < -0.39 is 32.2 Å². The first kappa shape index (κ1) is 23.0. The van der Waals surface area contributed by atoms with Crippen LogP contribution in [-0.2, 0) is 10.0 Å². The van der Waals surface area contributed by atoms with Crippen LogP contribution in [0.2, 0.25) is 0 Å². The molecule has 2 heterocycles. The third-order valence-electron chi connectivity index (χ3n) is 6.24. The van der Waals surface area contributed by atoms with Gasteiger partial charge in [0.2, 0.25) is 10.0 Å². The van der Waals surface area contributed by atoms with Crippen LogP contribution in [0, 0.1) is 10.4 Å². The zero-order valence-electron chi connectivity index (χ0n) is 18.4. The maximum atomic E-state index is 12.9. The zero-order chi connectivity index (χ0) is 21.2. The molecule has 2 aliphatic heterocycles. The lowest BCUT2D eigenvalue weighted by molar-refractivity contribution is -0.0521. The van der Waals surface area contributed by atoms with Gasteiger partial charge in [-0.3, -0.25) is 0 Å². The first-order valence-electron chi connectivity index (χ1n) is 9.75. The van der Waals surface area contributed by atoms with Gasteiger partial charge in [0, 0.05) is 34.2 Å². The fourth-order valence-electron chi connectivity index (χ4n) is 5.62. The van der Waals surface area contributed by atoms with Gasteiger partial charge in [0.05, 0.1) is 6.26 Å². The second kappa shape index (κ2) is 6.64. The number of nitrogens with zero attached hydrogens (tertiary/aromatic N) is 3. The molecule has 160 valence electrons. The first-order chi connectivity index (χ1) is 11.8. The highest BCUT2D eigenvalue weighted by atomic mass is 32.2. The molecule has 0 spiro atoms. The molecule has 27 heavy (non-hydrogen) atoms. The normalized spacial score (nSPS) is 29.9. The van der Waals surface area contributed by atoms with Crippen LogP contribution in [0.4, 0.5) is 0 Å². The van der Waals surface area contributed by atoms with Crippen molar-refractivity contribution in [3.8, 4) is 0 Å². The van der Waals surface area contributed by atoms with Gasteiger partial charge < -0.3 is 20.5 Å². The van der Waals surface area contributed by atoms with Crippen molar-refractivity contribution in [2.75, 3.05) is 6.26 Å². The Morgan fingerprint density at radius 2 is 0.926 bits per heavy atom. The Balaban J connectivity index is 2.46. The number of hydrogen-bond donors (Lipinski definition) is 0. The van der Waals surface area contributed by atoms with E-state index in [0.717, 1.165) is 10.1 Å². The van der Waals surface area contributed by atoms with Gasteiger partial charge in [-0.25, -0.2) is 8.42 Å². The van der Waals surface area contributed by atoms with Gasteiger partial charge in [-0.05, 0) is 81.1 Å². The van der Waals surface area contributed by atoms with Crippen LogP contribution in [0.15, 0.2) is 0 Å². The lowest BCUT2D eigenvalue weighted by Gasteiger charge is -2.64. The lowest BCUT2D eigenvalue weighted by Crippen LogP contribution is -2.67. The maximum Gasteiger partial charge on any atom is 0.211 e. The molecule has 0 aromatic rings. The van der Waals surface area contributed by atoms with Crippen LogP contribution in [0.3, 0.4) is 0 Å². The highest BCUT2D eigenvalue weighted by molar-refractivity contribution is 7.88. The Kier molecular flexibility index (Phi) is 5.66. The van der Waals surface area contributed by atoms with Crippen molar-refractivity contribution in [3.63, 3.8) is 0 Å². The molecule has 2 saturated heterocycles. The summed E-state index contributed by atoms with van der Waals surface area (Å²) in [6, 6.07) is -0.519. The highest BCUT2D eigenvalue weighted by Gasteiger charge is 2.50. The van der Waals surface area contributed by atoms with Gasteiger partial charge >= 0.3 is 0 Å². The molecule has 0 aromatic heterocycles. The van der Waals surface area contributed by atoms with Crippen molar-refractivity contribution >= 4 is 10.0 Å². The average Bonchev–Trinajstić information content (AvgIpc) is 2.39. The van der Waals surface area contributed by atoms with E-state index in [1.165, 1.54) is 6.26 Å². The fourth-order valence-corrected chi connectivity index (χ4v) is 7.00. The van der Waals surface area contributed by atoms with E-state index >= 15 is 0 Å². The van der Waals surface area contributed by atoms with Crippen molar-refractivity contribution < 1.29 is 8.42 Å². The van der Waals surface area contributed by atoms with Crippen LogP contribution in [0.1, 0.15) is 81.1 Å². The molecule has 0 saturated carbocycles. The van der Waals surface area contributed by atoms with E-state index in [4.69, 9.17) is 0 Å². The quantitative estimate of drug-likeness (QED) is 0.718. The van der Waals surface area contributed by atoms with E-state index in [1.807, 2.05) is 55.4 Å². The number of sulfonamides is 1. The lowest BCUT2D eigenvalue weighted by atomic mass is 9.76. The van der Waals surface area contributed by atoms with Crippen molar-refractivity contribution in [2.45, 2.75) is 115 Å². The molecule has 0 aromatic carbocycles. The van der Waals surface area contributed by atoms with Crippen molar-refractivity contribution in [3.05, 3.63) is 10.4 Å². The third-order valence-corrected chi connectivity index (χ3v) is 7.60. The predicted octanol–water partition coefficient (Wildman–Crippen LogP) is 3.29. The van der Waals surface area contributed by atoms with Crippen molar-refractivity contribution in [1.29, 1.82) is 0 Å². The van der Waals surface area contributed by atoms with E-state index in [1.54, 1.807) is 4.31 Å². The van der Waals surface area contributed by atoms with Crippen LogP contribution in [-0.4, -0.2) is 63.3 Å². The highest BCUT2D eigenvalue weighted by Crippen LogP contribution is 2.45. The van der Waals surface area contributed by atoms with Gasteiger partial charge in [-0.15, -0.1) is 0 Å². The van der Waals surface area contributed by atoms with E-state index in [2.05, 4.69) is 0 Å². The van der Waals surface area contributed by atoms with E-state index in [0.29, 0.717) is 25.7 Å². The zero-order valence-corrected chi connectivity index (χ0v) is 19.2. The molecule has 0 aliphatic carbocycles. The molecule has 2 aliphatic rings. The minimum Gasteiger partial charge on any atom is -0.784 e. The second-order valence-electron chi connectivity index (χ2n) is 11.1. The van der Waals surface area contributed by atoms with Gasteiger partial charge in [0.25, 0.3) is 0 Å².